The molecule has 5 heteroatoms. The van der Waals surface area contributed by atoms with E-state index < -0.39 is 23.0 Å². The second-order valence-electron chi connectivity index (χ2n) is 4.96. The summed E-state index contributed by atoms with van der Waals surface area (Å²) in [5.74, 6) is -2.12. The second-order valence-corrected chi connectivity index (χ2v) is 4.96. The molecule has 0 unspecified atom stereocenters. The van der Waals surface area contributed by atoms with E-state index in [1.165, 1.54) is 31.5 Å². The lowest BCUT2D eigenvalue weighted by Gasteiger charge is -2.11. The van der Waals surface area contributed by atoms with Gasteiger partial charge in [-0.1, -0.05) is 6.07 Å². The van der Waals surface area contributed by atoms with Crippen molar-refractivity contribution in [2.24, 2.45) is 0 Å². The zero-order valence-electron chi connectivity index (χ0n) is 12.0. The monoisotopic (exact) mass is 291 g/mol. The lowest BCUT2D eigenvalue weighted by atomic mass is 10.0. The van der Waals surface area contributed by atoms with Gasteiger partial charge in [0.1, 0.15) is 17.4 Å². The van der Waals surface area contributed by atoms with E-state index in [0.29, 0.717) is 5.75 Å². The van der Waals surface area contributed by atoms with Crippen molar-refractivity contribution in [1.82, 2.24) is 4.98 Å². The fraction of sp³-hybridized carbons (Fsp3) is 0.250. The Kier molecular flexibility index (Phi) is 4.31. The van der Waals surface area contributed by atoms with E-state index in [2.05, 4.69) is 4.98 Å². The Morgan fingerprint density at radius 1 is 1.24 bits per heavy atom. The van der Waals surface area contributed by atoms with Crippen LogP contribution in [0, 0.1) is 18.6 Å². The van der Waals surface area contributed by atoms with Crippen LogP contribution in [-0.4, -0.2) is 16.9 Å². The molecule has 21 heavy (non-hydrogen) atoms. The molecule has 110 valence electrons. The van der Waals surface area contributed by atoms with E-state index in [0.717, 1.165) is 6.07 Å². The van der Waals surface area contributed by atoms with Crippen LogP contribution in [0.5, 0.6) is 5.75 Å². The fourth-order valence-electron chi connectivity index (χ4n) is 1.89. The molecule has 1 aromatic heterocycles. The quantitative estimate of drug-likeness (QED) is 0.807. The van der Waals surface area contributed by atoms with Gasteiger partial charge in [0.25, 0.3) is 0 Å². The van der Waals surface area contributed by atoms with Crippen LogP contribution in [0.1, 0.15) is 35.3 Å². The zero-order chi connectivity index (χ0) is 15.6. The molecule has 0 radical (unpaired) electrons. The van der Waals surface area contributed by atoms with Gasteiger partial charge in [-0.3, -0.25) is 9.78 Å². The third-order valence-corrected chi connectivity index (χ3v) is 2.86. The molecule has 0 saturated carbocycles. The van der Waals surface area contributed by atoms with Crippen molar-refractivity contribution < 1.29 is 18.3 Å². The number of carbonyl (C=O) groups is 1. The van der Waals surface area contributed by atoms with Crippen LogP contribution in [-0.2, 0) is 0 Å². The van der Waals surface area contributed by atoms with Crippen molar-refractivity contribution in [1.29, 1.82) is 0 Å². The molecule has 0 amide bonds. The Morgan fingerprint density at radius 3 is 2.62 bits per heavy atom. The number of halogens is 2. The molecule has 0 aliphatic heterocycles. The molecule has 0 aliphatic rings. The summed E-state index contributed by atoms with van der Waals surface area (Å²) in [5.41, 5.74) is -0.280. The molecule has 0 atom stereocenters. The van der Waals surface area contributed by atoms with Crippen molar-refractivity contribution in [2.75, 3.05) is 0 Å². The van der Waals surface area contributed by atoms with Crippen LogP contribution in [0.25, 0.3) is 0 Å². The normalized spacial score (nSPS) is 10.8. The van der Waals surface area contributed by atoms with Crippen molar-refractivity contribution in [3.05, 3.63) is 58.9 Å². The third kappa shape index (κ3) is 3.24. The zero-order valence-corrected chi connectivity index (χ0v) is 12.0. The number of hydrogen-bond acceptors (Lipinski definition) is 3. The number of pyridine rings is 1. The second kappa shape index (κ2) is 5.99. The first-order valence-electron chi connectivity index (χ1n) is 6.51. The highest BCUT2D eigenvalue weighted by atomic mass is 19.1. The minimum absolute atomic E-state index is 0.0801. The van der Waals surface area contributed by atoms with Gasteiger partial charge in [0, 0.05) is 11.8 Å². The first kappa shape index (κ1) is 15.1. The van der Waals surface area contributed by atoms with Crippen molar-refractivity contribution in [3.63, 3.8) is 0 Å². The highest BCUT2D eigenvalue weighted by Crippen LogP contribution is 2.22. The number of aromatic nitrogens is 1. The number of ether oxygens (including phenoxy) is 1. The van der Waals surface area contributed by atoms with Gasteiger partial charge < -0.3 is 4.74 Å². The number of nitrogens with zero attached hydrogens (tertiary/aromatic N) is 1. The maximum absolute atomic E-state index is 14.0. The molecule has 0 fully saturated rings. The predicted octanol–water partition coefficient (Wildman–Crippen LogP) is 3.69. The summed E-state index contributed by atoms with van der Waals surface area (Å²) in [6.07, 6.45) is 2.61. The van der Waals surface area contributed by atoms with Gasteiger partial charge in [0.05, 0.1) is 17.9 Å². The average Bonchev–Trinajstić information content (AvgIpc) is 2.43. The van der Waals surface area contributed by atoms with E-state index in [9.17, 15) is 13.6 Å². The molecule has 0 aliphatic carbocycles. The topological polar surface area (TPSA) is 39.2 Å². The van der Waals surface area contributed by atoms with Gasteiger partial charge in [0.15, 0.2) is 0 Å². The van der Waals surface area contributed by atoms with E-state index in [4.69, 9.17) is 4.74 Å². The molecule has 0 N–H and O–H groups in total. The minimum Gasteiger partial charge on any atom is -0.489 e. The maximum Gasteiger partial charge on any atom is 0.200 e. The van der Waals surface area contributed by atoms with Crippen LogP contribution in [0.2, 0.25) is 0 Å². The highest BCUT2D eigenvalue weighted by molar-refractivity contribution is 6.09. The van der Waals surface area contributed by atoms with Crippen LogP contribution in [0.4, 0.5) is 8.78 Å². The van der Waals surface area contributed by atoms with Gasteiger partial charge in [-0.15, -0.1) is 0 Å². The molecule has 1 heterocycles. The SMILES string of the molecule is Cc1ccc(F)c(C(=O)c2cncc(OC(C)C)c2)c1F. The third-order valence-electron chi connectivity index (χ3n) is 2.86. The Labute approximate surface area is 121 Å². The van der Waals surface area contributed by atoms with Crippen LogP contribution in [0.15, 0.2) is 30.6 Å². The van der Waals surface area contributed by atoms with E-state index in [-0.39, 0.29) is 17.2 Å². The lowest BCUT2D eigenvalue weighted by molar-refractivity contribution is 0.102. The summed E-state index contributed by atoms with van der Waals surface area (Å²) < 4.78 is 33.2. The highest BCUT2D eigenvalue weighted by Gasteiger charge is 2.21. The lowest BCUT2D eigenvalue weighted by Crippen LogP contribution is -2.11. The standard InChI is InChI=1S/C16H15F2NO2/c1-9(2)21-12-6-11(7-19-8-12)16(20)14-13(17)5-4-10(3)15(14)18/h4-9H,1-3H3. The van der Waals surface area contributed by atoms with Crippen LogP contribution in [0.3, 0.4) is 0 Å². The number of ketones is 1. The van der Waals surface area contributed by atoms with E-state index in [1.54, 1.807) is 0 Å². The predicted molar refractivity (Wildman–Crippen MR) is 74.5 cm³/mol. The number of carbonyl (C=O) groups excluding carboxylic acids is 1. The maximum atomic E-state index is 14.0. The Morgan fingerprint density at radius 2 is 1.95 bits per heavy atom. The summed E-state index contributed by atoms with van der Waals surface area (Å²) in [7, 11) is 0. The average molecular weight is 291 g/mol. The summed E-state index contributed by atoms with van der Waals surface area (Å²) in [5, 5.41) is 0. The van der Waals surface area contributed by atoms with Gasteiger partial charge in [-0.2, -0.15) is 0 Å². The van der Waals surface area contributed by atoms with Crippen molar-refractivity contribution in [3.8, 4) is 5.75 Å². The Bertz CT molecular complexity index is 684. The number of hydrogen-bond donors (Lipinski definition) is 0. The molecule has 2 rings (SSSR count). The molecule has 2 aromatic rings. The summed E-state index contributed by atoms with van der Waals surface area (Å²) in [4.78, 5) is 16.2. The van der Waals surface area contributed by atoms with E-state index in [1.807, 2.05) is 13.8 Å². The summed E-state index contributed by atoms with van der Waals surface area (Å²) in [6, 6.07) is 3.79. The Hall–Kier alpha value is -2.30. The molecular weight excluding hydrogens is 276 g/mol. The number of aryl methyl sites for hydroxylation is 1. The first-order valence-corrected chi connectivity index (χ1v) is 6.51. The molecule has 0 saturated heterocycles. The smallest absolute Gasteiger partial charge is 0.200 e. The van der Waals surface area contributed by atoms with Gasteiger partial charge >= 0.3 is 0 Å². The molecule has 3 nitrogen and oxygen atoms in total. The molecular formula is C16H15F2NO2. The van der Waals surface area contributed by atoms with Crippen LogP contribution < -0.4 is 4.74 Å². The molecule has 0 spiro atoms. The minimum atomic E-state index is -0.890. The summed E-state index contributed by atoms with van der Waals surface area (Å²) in [6.45, 7) is 5.13. The first-order chi connectivity index (χ1) is 9.90. The van der Waals surface area contributed by atoms with Gasteiger partial charge in [-0.05, 0) is 38.5 Å². The summed E-state index contributed by atoms with van der Waals surface area (Å²) >= 11 is 0. The van der Waals surface area contributed by atoms with Gasteiger partial charge in [-0.25, -0.2) is 8.78 Å². The molecule has 0 bridgehead atoms. The van der Waals surface area contributed by atoms with Gasteiger partial charge in [0.2, 0.25) is 5.78 Å². The number of rotatable bonds is 4. The Balaban J connectivity index is 2.43. The number of benzene rings is 1. The van der Waals surface area contributed by atoms with E-state index >= 15 is 0 Å². The molecule has 1 aromatic carbocycles. The van der Waals surface area contributed by atoms with Crippen molar-refractivity contribution in [2.45, 2.75) is 26.9 Å². The van der Waals surface area contributed by atoms with Crippen molar-refractivity contribution >= 4 is 5.78 Å². The fourth-order valence-corrected chi connectivity index (χ4v) is 1.89. The largest absolute Gasteiger partial charge is 0.489 e. The van der Waals surface area contributed by atoms with Crippen LogP contribution >= 0.6 is 0 Å².